The predicted molar refractivity (Wildman–Crippen MR) is 128 cm³/mol. The monoisotopic (exact) mass is 455 g/mol. The highest BCUT2D eigenvalue weighted by atomic mass is 16.5. The lowest BCUT2D eigenvalue weighted by Crippen LogP contribution is -2.50. The quantitative estimate of drug-likeness (QED) is 0.444. The maximum absolute atomic E-state index is 12.5. The lowest BCUT2D eigenvalue weighted by molar-refractivity contribution is -0.152. The minimum absolute atomic E-state index is 0.0318. The van der Waals surface area contributed by atoms with Crippen molar-refractivity contribution in [3.05, 3.63) is 23.3 Å². The van der Waals surface area contributed by atoms with Gasteiger partial charge < -0.3 is 9.47 Å². The molecular formula is C28H41NO4. The molecule has 5 nitrogen and oxygen atoms in total. The van der Waals surface area contributed by atoms with Crippen LogP contribution in [0, 0.1) is 28.6 Å². The van der Waals surface area contributed by atoms with Crippen molar-refractivity contribution in [3.8, 4) is 0 Å². The average molecular weight is 456 g/mol. The van der Waals surface area contributed by atoms with E-state index in [1.54, 1.807) is 6.92 Å². The fourth-order valence-electron chi connectivity index (χ4n) is 8.16. The molecule has 6 atom stereocenters. The summed E-state index contributed by atoms with van der Waals surface area (Å²) in [6.07, 6.45) is 12.8. The lowest BCUT2D eigenvalue weighted by atomic mass is 9.47. The molecule has 0 aromatic carbocycles. The van der Waals surface area contributed by atoms with Gasteiger partial charge in [-0.1, -0.05) is 31.6 Å². The van der Waals surface area contributed by atoms with Gasteiger partial charge in [0.2, 0.25) is 0 Å². The van der Waals surface area contributed by atoms with E-state index in [1.165, 1.54) is 12.0 Å². The van der Waals surface area contributed by atoms with Gasteiger partial charge >= 0.3 is 5.97 Å². The van der Waals surface area contributed by atoms with E-state index in [9.17, 15) is 9.59 Å². The minimum atomic E-state index is -0.0494. The molecule has 0 amide bonds. The number of rotatable bonds is 5. The number of carbonyl (C=O) groups is 2. The van der Waals surface area contributed by atoms with Crippen molar-refractivity contribution in [1.82, 2.24) is 4.90 Å². The zero-order chi connectivity index (χ0) is 23.2. The number of hydrogen-bond donors (Lipinski definition) is 0. The Hall–Kier alpha value is -1.46. The number of Topliss-reactive ketones (excluding diaryl/α,β-unsaturated/α-hetero) is 1. The number of morpholine rings is 1. The number of esters is 1. The second kappa shape index (κ2) is 8.96. The highest BCUT2D eigenvalue weighted by Crippen LogP contribution is 2.65. The Morgan fingerprint density at radius 2 is 1.82 bits per heavy atom. The maximum atomic E-state index is 12.5. The SMILES string of the molecule is CC(=O)C1=CC[C@@H]2[C@@H]3CC=C4C[C@@H](OC(=O)CCN5CCOCC5)CC[C@]4(C)[C@H]3CC[C@]12C. The van der Waals surface area contributed by atoms with Crippen LogP contribution in [-0.2, 0) is 19.1 Å². The van der Waals surface area contributed by atoms with Crippen LogP contribution >= 0.6 is 0 Å². The molecule has 5 heteroatoms. The van der Waals surface area contributed by atoms with E-state index in [1.807, 2.05) is 0 Å². The van der Waals surface area contributed by atoms with Crippen molar-refractivity contribution in [2.75, 3.05) is 32.8 Å². The molecule has 0 bridgehead atoms. The largest absolute Gasteiger partial charge is 0.462 e. The summed E-state index contributed by atoms with van der Waals surface area (Å²) in [7, 11) is 0. The number of ketones is 1. The van der Waals surface area contributed by atoms with Gasteiger partial charge in [0.05, 0.1) is 19.6 Å². The van der Waals surface area contributed by atoms with E-state index < -0.39 is 0 Å². The van der Waals surface area contributed by atoms with Crippen molar-refractivity contribution in [2.24, 2.45) is 28.6 Å². The molecule has 0 spiro atoms. The summed E-state index contributed by atoms with van der Waals surface area (Å²) in [5, 5.41) is 0. The highest BCUT2D eigenvalue weighted by Gasteiger charge is 2.57. The Balaban J connectivity index is 1.21. The summed E-state index contributed by atoms with van der Waals surface area (Å²) in [6.45, 7) is 10.7. The van der Waals surface area contributed by atoms with Gasteiger partial charge in [-0.15, -0.1) is 0 Å². The van der Waals surface area contributed by atoms with E-state index in [0.717, 1.165) is 76.9 Å². The molecule has 0 unspecified atom stereocenters. The first kappa shape index (κ1) is 23.3. The summed E-state index contributed by atoms with van der Waals surface area (Å²) in [4.78, 5) is 27.1. The fourth-order valence-corrected chi connectivity index (χ4v) is 8.16. The van der Waals surface area contributed by atoms with E-state index in [0.29, 0.717) is 24.2 Å². The normalized spacial score (nSPS) is 40.7. The zero-order valence-corrected chi connectivity index (χ0v) is 20.7. The molecule has 1 aliphatic heterocycles. The van der Waals surface area contributed by atoms with Crippen molar-refractivity contribution in [3.63, 3.8) is 0 Å². The second-order valence-corrected chi connectivity index (χ2v) is 11.7. The smallest absolute Gasteiger partial charge is 0.307 e. The first-order valence-corrected chi connectivity index (χ1v) is 13.2. The molecule has 1 heterocycles. The number of nitrogens with zero attached hydrogens (tertiary/aromatic N) is 1. The second-order valence-electron chi connectivity index (χ2n) is 11.7. The van der Waals surface area contributed by atoms with Crippen LogP contribution in [0.5, 0.6) is 0 Å². The summed E-state index contributed by atoms with van der Waals surface area (Å²) < 4.78 is 11.3. The van der Waals surface area contributed by atoms with Gasteiger partial charge in [-0.05, 0) is 79.6 Å². The Labute approximate surface area is 198 Å². The molecule has 0 N–H and O–H groups in total. The molecule has 182 valence electrons. The molecule has 1 saturated heterocycles. The molecule has 3 fully saturated rings. The number of allylic oxidation sites excluding steroid dienone is 3. The molecular weight excluding hydrogens is 414 g/mol. The predicted octanol–water partition coefficient (Wildman–Crippen LogP) is 4.71. The Kier molecular flexibility index (Phi) is 6.32. The van der Waals surface area contributed by atoms with Crippen LogP contribution < -0.4 is 0 Å². The van der Waals surface area contributed by atoms with Gasteiger partial charge in [0.1, 0.15) is 6.10 Å². The van der Waals surface area contributed by atoms with Crippen molar-refractivity contribution >= 4 is 11.8 Å². The van der Waals surface area contributed by atoms with Crippen LogP contribution in [-0.4, -0.2) is 55.6 Å². The van der Waals surface area contributed by atoms with E-state index >= 15 is 0 Å². The number of fused-ring (bicyclic) bond motifs is 5. The molecule has 0 aromatic heterocycles. The fraction of sp³-hybridized carbons (Fsp3) is 0.786. The maximum Gasteiger partial charge on any atom is 0.307 e. The summed E-state index contributed by atoms with van der Waals surface area (Å²) in [5.41, 5.74) is 2.92. The van der Waals surface area contributed by atoms with Gasteiger partial charge in [-0.2, -0.15) is 0 Å². The molecule has 5 rings (SSSR count). The summed E-state index contributed by atoms with van der Waals surface area (Å²) >= 11 is 0. The number of hydrogen-bond acceptors (Lipinski definition) is 5. The molecule has 33 heavy (non-hydrogen) atoms. The van der Waals surface area contributed by atoms with Crippen LogP contribution in [0.15, 0.2) is 23.3 Å². The average Bonchev–Trinajstić information content (AvgIpc) is 3.16. The van der Waals surface area contributed by atoms with E-state index in [-0.39, 0.29) is 28.7 Å². The van der Waals surface area contributed by atoms with E-state index in [4.69, 9.17) is 9.47 Å². The Bertz CT molecular complexity index is 856. The molecule has 4 aliphatic carbocycles. The van der Waals surface area contributed by atoms with Crippen molar-refractivity contribution < 1.29 is 19.1 Å². The third kappa shape index (κ3) is 4.14. The third-order valence-corrected chi connectivity index (χ3v) is 10.1. The standard InChI is InChI=1S/C28H41NO4/c1-19(30)23-6-7-24-22-5-4-20-18-21(33-26(31)10-13-29-14-16-32-17-15-29)8-11-27(20,2)25(22)9-12-28(23,24)3/h4,6,21-22,24-25H,5,7-18H2,1-3H3/t21-,22-,24+,25-,27-,28+/m0/s1. The number of ether oxygens (including phenoxy) is 2. The lowest BCUT2D eigenvalue weighted by Gasteiger charge is -2.57. The van der Waals surface area contributed by atoms with Crippen LogP contribution in [0.1, 0.15) is 72.1 Å². The molecule has 2 saturated carbocycles. The van der Waals surface area contributed by atoms with Crippen molar-refractivity contribution in [1.29, 1.82) is 0 Å². The Morgan fingerprint density at radius 1 is 1.06 bits per heavy atom. The van der Waals surface area contributed by atoms with Gasteiger partial charge in [-0.25, -0.2) is 0 Å². The topological polar surface area (TPSA) is 55.8 Å². The van der Waals surface area contributed by atoms with Crippen LogP contribution in [0.25, 0.3) is 0 Å². The molecule has 0 aromatic rings. The van der Waals surface area contributed by atoms with Gasteiger partial charge in [0.25, 0.3) is 0 Å². The van der Waals surface area contributed by atoms with Gasteiger partial charge in [0, 0.05) is 26.1 Å². The Morgan fingerprint density at radius 3 is 2.58 bits per heavy atom. The number of carbonyl (C=O) groups excluding carboxylic acids is 2. The molecule has 5 aliphatic rings. The van der Waals surface area contributed by atoms with Gasteiger partial charge in [-0.3, -0.25) is 14.5 Å². The zero-order valence-electron chi connectivity index (χ0n) is 20.7. The first-order valence-electron chi connectivity index (χ1n) is 13.2. The van der Waals surface area contributed by atoms with Crippen LogP contribution in [0.3, 0.4) is 0 Å². The minimum Gasteiger partial charge on any atom is -0.462 e. The highest BCUT2D eigenvalue weighted by molar-refractivity contribution is 5.95. The van der Waals surface area contributed by atoms with Gasteiger partial charge in [0.15, 0.2) is 5.78 Å². The third-order valence-electron chi connectivity index (χ3n) is 10.1. The van der Waals surface area contributed by atoms with E-state index in [2.05, 4.69) is 30.9 Å². The first-order chi connectivity index (χ1) is 15.8. The molecule has 0 radical (unpaired) electrons. The summed E-state index contributed by atoms with van der Waals surface area (Å²) in [5.74, 6) is 2.17. The summed E-state index contributed by atoms with van der Waals surface area (Å²) in [6, 6.07) is 0. The van der Waals surface area contributed by atoms with Crippen LogP contribution in [0.4, 0.5) is 0 Å². The van der Waals surface area contributed by atoms with Crippen LogP contribution in [0.2, 0.25) is 0 Å². The van der Waals surface area contributed by atoms with Crippen molar-refractivity contribution in [2.45, 2.75) is 78.2 Å².